The van der Waals surface area contributed by atoms with E-state index in [1.807, 2.05) is 6.07 Å². The van der Waals surface area contributed by atoms with Crippen LogP contribution in [0, 0.1) is 11.3 Å². The minimum atomic E-state index is -0.459. The molecule has 1 aromatic heterocycles. The molecule has 0 aliphatic carbocycles. The number of aromatic nitrogens is 2. The van der Waals surface area contributed by atoms with Gasteiger partial charge in [0.1, 0.15) is 16.9 Å². The Morgan fingerprint density at radius 1 is 1.37 bits per heavy atom. The molecule has 0 saturated carbocycles. The molecule has 1 N–H and O–H groups in total. The van der Waals surface area contributed by atoms with Crippen molar-refractivity contribution >= 4 is 39.1 Å². The van der Waals surface area contributed by atoms with Crippen molar-refractivity contribution in [2.75, 3.05) is 5.32 Å². The summed E-state index contributed by atoms with van der Waals surface area (Å²) in [5.74, 6) is -0.459. The largest absolute Gasteiger partial charge is 0.319 e. The van der Waals surface area contributed by atoms with E-state index in [4.69, 9.17) is 16.9 Å². The van der Waals surface area contributed by atoms with E-state index >= 15 is 0 Å². The summed E-state index contributed by atoms with van der Waals surface area (Å²) in [6.07, 6.45) is 2.55. The number of hydrogen-bond acceptors (Lipinski definition) is 4. The van der Waals surface area contributed by atoms with E-state index in [1.54, 1.807) is 18.2 Å². The molecule has 1 heterocycles. The number of nitrogens with zero attached hydrogens (tertiary/aromatic N) is 3. The zero-order valence-corrected chi connectivity index (χ0v) is 11.7. The number of benzene rings is 1. The maximum Gasteiger partial charge on any atom is 0.275 e. The maximum absolute atomic E-state index is 11.9. The molecule has 7 heteroatoms. The quantitative estimate of drug-likeness (QED) is 0.913. The fraction of sp³-hybridized carbons (Fsp3) is 0. The van der Waals surface area contributed by atoms with Crippen molar-refractivity contribution in [1.82, 2.24) is 9.97 Å². The summed E-state index contributed by atoms with van der Waals surface area (Å²) in [5.41, 5.74) is 0.880. The van der Waals surface area contributed by atoms with Crippen molar-refractivity contribution in [3.05, 3.63) is 51.5 Å². The number of hydrogen-bond donors (Lipinski definition) is 1. The van der Waals surface area contributed by atoms with E-state index in [1.165, 1.54) is 12.4 Å². The molecular weight excluding hydrogens is 332 g/mol. The number of nitriles is 1. The van der Waals surface area contributed by atoms with Gasteiger partial charge in [0.15, 0.2) is 0 Å². The normalized spacial score (nSPS) is 9.74. The molecular formula is C12H6BrClN4O. The van der Waals surface area contributed by atoms with E-state index in [0.29, 0.717) is 11.3 Å². The van der Waals surface area contributed by atoms with Gasteiger partial charge in [-0.15, -0.1) is 0 Å². The van der Waals surface area contributed by atoms with Crippen molar-refractivity contribution in [3.63, 3.8) is 0 Å². The highest BCUT2D eigenvalue weighted by Crippen LogP contribution is 2.21. The van der Waals surface area contributed by atoms with Gasteiger partial charge in [0.25, 0.3) is 5.91 Å². The van der Waals surface area contributed by atoms with Crippen LogP contribution in [0.1, 0.15) is 16.1 Å². The molecule has 0 aliphatic rings. The first-order valence-electron chi connectivity index (χ1n) is 5.08. The van der Waals surface area contributed by atoms with Crippen LogP contribution in [-0.2, 0) is 0 Å². The van der Waals surface area contributed by atoms with Crippen molar-refractivity contribution in [2.24, 2.45) is 0 Å². The van der Waals surface area contributed by atoms with Crippen molar-refractivity contribution in [3.8, 4) is 6.07 Å². The second-order valence-electron chi connectivity index (χ2n) is 3.48. The number of carbonyl (C=O) groups is 1. The molecule has 0 saturated heterocycles. The molecule has 0 unspecified atom stereocenters. The number of halogens is 2. The average Bonchev–Trinajstić information content (AvgIpc) is 2.39. The summed E-state index contributed by atoms with van der Waals surface area (Å²) < 4.78 is 0.754. The van der Waals surface area contributed by atoms with Crippen LogP contribution in [0.4, 0.5) is 5.69 Å². The predicted molar refractivity (Wildman–Crippen MR) is 73.9 cm³/mol. The van der Waals surface area contributed by atoms with E-state index in [-0.39, 0.29) is 10.8 Å². The van der Waals surface area contributed by atoms with Gasteiger partial charge in [0.05, 0.1) is 23.6 Å². The van der Waals surface area contributed by atoms with Gasteiger partial charge in [-0.05, 0) is 18.2 Å². The first-order valence-corrected chi connectivity index (χ1v) is 6.26. The summed E-state index contributed by atoms with van der Waals surface area (Å²) in [6, 6.07) is 6.96. The molecule has 94 valence electrons. The number of nitrogens with one attached hydrogen (secondary N) is 1. The zero-order chi connectivity index (χ0) is 13.8. The van der Waals surface area contributed by atoms with Gasteiger partial charge in [-0.1, -0.05) is 27.5 Å². The third kappa shape index (κ3) is 3.28. The number of amides is 1. The maximum atomic E-state index is 11.9. The number of carbonyl (C=O) groups excluding carboxylic acids is 1. The molecule has 1 aromatic carbocycles. The van der Waals surface area contributed by atoms with Crippen molar-refractivity contribution in [1.29, 1.82) is 5.26 Å². The number of anilines is 1. The van der Waals surface area contributed by atoms with Gasteiger partial charge in [0, 0.05) is 4.47 Å². The Morgan fingerprint density at radius 2 is 2.16 bits per heavy atom. The fourth-order valence-electron chi connectivity index (χ4n) is 1.33. The van der Waals surface area contributed by atoms with E-state index < -0.39 is 5.91 Å². The fourth-order valence-corrected chi connectivity index (χ4v) is 1.79. The highest BCUT2D eigenvalue weighted by atomic mass is 79.9. The first kappa shape index (κ1) is 13.5. The van der Waals surface area contributed by atoms with Crippen LogP contribution in [0.2, 0.25) is 5.15 Å². The molecule has 2 rings (SSSR count). The predicted octanol–water partition coefficient (Wildman–Crippen LogP) is 3.02. The van der Waals surface area contributed by atoms with Gasteiger partial charge in [0.2, 0.25) is 0 Å². The standard InChI is InChI=1S/C12H6BrClN4O/c13-8-2-1-7(4-15)9(3-8)18-12(19)10-5-17-11(14)6-16-10/h1-3,5-6H,(H,18,19). The van der Waals surface area contributed by atoms with Gasteiger partial charge >= 0.3 is 0 Å². The lowest BCUT2D eigenvalue weighted by atomic mass is 10.2. The average molecular weight is 338 g/mol. The van der Waals surface area contributed by atoms with Crippen LogP contribution in [0.15, 0.2) is 35.1 Å². The second kappa shape index (κ2) is 5.78. The van der Waals surface area contributed by atoms with Crippen molar-refractivity contribution in [2.45, 2.75) is 0 Å². The Morgan fingerprint density at radius 3 is 2.79 bits per heavy atom. The second-order valence-corrected chi connectivity index (χ2v) is 4.78. The molecule has 0 fully saturated rings. The summed E-state index contributed by atoms with van der Waals surface area (Å²) in [6.45, 7) is 0. The molecule has 19 heavy (non-hydrogen) atoms. The third-order valence-electron chi connectivity index (χ3n) is 2.20. The van der Waals surface area contributed by atoms with Crippen LogP contribution in [-0.4, -0.2) is 15.9 Å². The zero-order valence-electron chi connectivity index (χ0n) is 9.39. The Kier molecular flexibility index (Phi) is 4.10. The van der Waals surface area contributed by atoms with E-state index in [0.717, 1.165) is 4.47 Å². The Hall–Kier alpha value is -1.97. The Balaban J connectivity index is 2.26. The molecule has 1 amide bonds. The smallest absolute Gasteiger partial charge is 0.275 e. The molecule has 0 aliphatic heterocycles. The third-order valence-corrected chi connectivity index (χ3v) is 2.89. The molecule has 5 nitrogen and oxygen atoms in total. The lowest BCUT2D eigenvalue weighted by Gasteiger charge is -2.06. The summed E-state index contributed by atoms with van der Waals surface area (Å²) in [5, 5.41) is 11.8. The van der Waals surface area contributed by atoms with Crippen LogP contribution < -0.4 is 5.32 Å². The van der Waals surface area contributed by atoms with Crippen LogP contribution in [0.25, 0.3) is 0 Å². The first-order chi connectivity index (χ1) is 9.10. The van der Waals surface area contributed by atoms with Gasteiger partial charge in [-0.2, -0.15) is 5.26 Å². The van der Waals surface area contributed by atoms with Gasteiger partial charge in [-0.3, -0.25) is 4.79 Å². The number of rotatable bonds is 2. The van der Waals surface area contributed by atoms with Crippen LogP contribution in [0.3, 0.4) is 0 Å². The molecule has 0 bridgehead atoms. The van der Waals surface area contributed by atoms with Crippen LogP contribution in [0.5, 0.6) is 0 Å². The Labute approximate surface area is 122 Å². The van der Waals surface area contributed by atoms with E-state index in [9.17, 15) is 4.79 Å². The molecule has 0 radical (unpaired) electrons. The van der Waals surface area contributed by atoms with Crippen molar-refractivity contribution < 1.29 is 4.79 Å². The summed E-state index contributed by atoms with van der Waals surface area (Å²) in [4.78, 5) is 19.5. The topological polar surface area (TPSA) is 78.7 Å². The van der Waals surface area contributed by atoms with E-state index in [2.05, 4.69) is 31.2 Å². The minimum Gasteiger partial charge on any atom is -0.319 e. The highest BCUT2D eigenvalue weighted by Gasteiger charge is 2.11. The van der Waals surface area contributed by atoms with Crippen LogP contribution >= 0.6 is 27.5 Å². The molecule has 0 atom stereocenters. The SMILES string of the molecule is N#Cc1ccc(Br)cc1NC(=O)c1cnc(Cl)cn1. The lowest BCUT2D eigenvalue weighted by molar-refractivity contribution is 0.102. The van der Waals surface area contributed by atoms with Gasteiger partial charge < -0.3 is 5.32 Å². The molecule has 2 aromatic rings. The molecule has 0 spiro atoms. The Bertz CT molecular complexity index is 666. The lowest BCUT2D eigenvalue weighted by Crippen LogP contribution is -2.14. The van der Waals surface area contributed by atoms with Gasteiger partial charge in [-0.25, -0.2) is 9.97 Å². The minimum absolute atomic E-state index is 0.119. The summed E-state index contributed by atoms with van der Waals surface area (Å²) in [7, 11) is 0. The monoisotopic (exact) mass is 336 g/mol. The summed E-state index contributed by atoms with van der Waals surface area (Å²) >= 11 is 8.87. The highest BCUT2D eigenvalue weighted by molar-refractivity contribution is 9.10.